The lowest BCUT2D eigenvalue weighted by Crippen LogP contribution is -2.38. The van der Waals surface area contributed by atoms with E-state index < -0.39 is 5.60 Å². The summed E-state index contributed by atoms with van der Waals surface area (Å²) in [6.07, 6.45) is 3.34. The lowest BCUT2D eigenvalue weighted by Gasteiger charge is -2.22. The molecular weight excluding hydrogens is 298 g/mol. The Bertz CT molecular complexity index is 652. The fraction of sp³-hybridized carbons (Fsp3) is 0.375. The first-order valence-electron chi connectivity index (χ1n) is 7.15. The van der Waals surface area contributed by atoms with Crippen LogP contribution in [0.15, 0.2) is 41.6 Å². The van der Waals surface area contributed by atoms with E-state index in [1.165, 1.54) is 0 Å². The van der Waals surface area contributed by atoms with Crippen molar-refractivity contribution in [2.75, 3.05) is 12.3 Å². The fourth-order valence-electron chi connectivity index (χ4n) is 2.05. The van der Waals surface area contributed by atoms with Gasteiger partial charge in [-0.25, -0.2) is 0 Å². The van der Waals surface area contributed by atoms with E-state index in [1.54, 1.807) is 48.9 Å². The number of rotatable bonds is 6. The molecule has 118 valence electrons. The van der Waals surface area contributed by atoms with Crippen LogP contribution in [-0.4, -0.2) is 33.1 Å². The van der Waals surface area contributed by atoms with Gasteiger partial charge in [-0.05, 0) is 30.9 Å². The Balaban J connectivity index is 2.01. The van der Waals surface area contributed by atoms with Gasteiger partial charge in [0.2, 0.25) is 0 Å². The Hall–Kier alpha value is -1.79. The smallest absolute Gasteiger partial charge is 0.251 e. The van der Waals surface area contributed by atoms with Gasteiger partial charge in [-0.3, -0.25) is 9.48 Å². The fourth-order valence-corrected chi connectivity index (χ4v) is 2.77. The van der Waals surface area contributed by atoms with Gasteiger partial charge in [0.05, 0.1) is 12.7 Å². The molecule has 0 aliphatic rings. The second kappa shape index (κ2) is 6.98. The van der Waals surface area contributed by atoms with Gasteiger partial charge in [-0.2, -0.15) is 5.10 Å². The molecular formula is C16H21N3O2S. The molecule has 1 heterocycles. The molecule has 6 heteroatoms. The summed E-state index contributed by atoms with van der Waals surface area (Å²) in [7, 11) is 1.79. The van der Waals surface area contributed by atoms with Crippen LogP contribution in [0.4, 0.5) is 0 Å². The molecule has 1 aromatic heterocycles. The van der Waals surface area contributed by atoms with Crippen molar-refractivity contribution < 1.29 is 9.90 Å². The van der Waals surface area contributed by atoms with Crippen LogP contribution in [0.1, 0.15) is 29.8 Å². The number of amides is 1. The number of thioether (sulfide) groups is 1. The normalized spacial score (nSPS) is 13.6. The number of aliphatic hydroxyl groups is 1. The Kier molecular flexibility index (Phi) is 5.26. The van der Waals surface area contributed by atoms with E-state index in [0.717, 1.165) is 10.6 Å². The SMILES string of the molecule is CCSc1cccc(C(=O)NCC(C)(O)c2cnn(C)c2)c1. The number of benzene rings is 1. The predicted octanol–water partition coefficient (Wildman–Crippen LogP) is 2.17. The average molecular weight is 319 g/mol. The van der Waals surface area contributed by atoms with Crippen molar-refractivity contribution in [3.63, 3.8) is 0 Å². The Labute approximate surface area is 134 Å². The van der Waals surface area contributed by atoms with Crippen molar-refractivity contribution in [2.45, 2.75) is 24.3 Å². The minimum Gasteiger partial charge on any atom is -0.383 e. The molecule has 0 spiro atoms. The van der Waals surface area contributed by atoms with Crippen molar-refractivity contribution in [1.82, 2.24) is 15.1 Å². The number of hydrogen-bond donors (Lipinski definition) is 2. The third-order valence-electron chi connectivity index (χ3n) is 3.33. The highest BCUT2D eigenvalue weighted by Gasteiger charge is 2.25. The number of nitrogens with one attached hydrogen (secondary N) is 1. The number of nitrogens with zero attached hydrogens (tertiary/aromatic N) is 2. The third kappa shape index (κ3) is 4.11. The maximum atomic E-state index is 12.2. The van der Waals surface area contributed by atoms with Crippen LogP contribution in [0, 0.1) is 0 Å². The van der Waals surface area contributed by atoms with Gasteiger partial charge >= 0.3 is 0 Å². The van der Waals surface area contributed by atoms with Crippen molar-refractivity contribution >= 4 is 17.7 Å². The van der Waals surface area contributed by atoms with Crippen LogP contribution in [0.5, 0.6) is 0 Å². The van der Waals surface area contributed by atoms with Crippen LogP contribution in [0.2, 0.25) is 0 Å². The van der Waals surface area contributed by atoms with Gasteiger partial charge in [0.1, 0.15) is 5.60 Å². The topological polar surface area (TPSA) is 67.2 Å². The molecule has 0 saturated carbocycles. The summed E-state index contributed by atoms with van der Waals surface area (Å²) in [5.41, 5.74) is 0.116. The summed E-state index contributed by atoms with van der Waals surface area (Å²) in [5.74, 6) is 0.767. The molecule has 22 heavy (non-hydrogen) atoms. The summed E-state index contributed by atoms with van der Waals surface area (Å²) < 4.78 is 1.62. The monoisotopic (exact) mass is 319 g/mol. The minimum absolute atomic E-state index is 0.128. The number of carbonyl (C=O) groups excluding carboxylic acids is 1. The van der Waals surface area contributed by atoms with Crippen molar-refractivity contribution in [1.29, 1.82) is 0 Å². The molecule has 2 rings (SSSR count). The maximum Gasteiger partial charge on any atom is 0.251 e. The summed E-state index contributed by atoms with van der Waals surface area (Å²) in [6, 6.07) is 7.49. The van der Waals surface area contributed by atoms with Gasteiger partial charge in [0, 0.05) is 29.3 Å². The van der Waals surface area contributed by atoms with Gasteiger partial charge < -0.3 is 10.4 Å². The van der Waals surface area contributed by atoms with Crippen LogP contribution >= 0.6 is 11.8 Å². The number of hydrogen-bond acceptors (Lipinski definition) is 4. The highest BCUT2D eigenvalue weighted by Crippen LogP contribution is 2.20. The molecule has 0 saturated heterocycles. The van der Waals surface area contributed by atoms with Crippen LogP contribution in [0.3, 0.4) is 0 Å². The molecule has 0 bridgehead atoms. The van der Waals surface area contributed by atoms with E-state index in [9.17, 15) is 9.90 Å². The number of aromatic nitrogens is 2. The van der Waals surface area contributed by atoms with Crippen molar-refractivity contribution in [3.8, 4) is 0 Å². The van der Waals surface area contributed by atoms with E-state index in [2.05, 4.69) is 17.3 Å². The highest BCUT2D eigenvalue weighted by molar-refractivity contribution is 7.99. The Morgan fingerprint density at radius 1 is 1.50 bits per heavy atom. The maximum absolute atomic E-state index is 12.2. The predicted molar refractivity (Wildman–Crippen MR) is 88.0 cm³/mol. The molecule has 0 radical (unpaired) electrons. The zero-order valence-electron chi connectivity index (χ0n) is 13.0. The minimum atomic E-state index is -1.15. The van der Waals surface area contributed by atoms with Crippen LogP contribution in [0.25, 0.3) is 0 Å². The molecule has 2 N–H and O–H groups in total. The summed E-state index contributed by atoms with van der Waals surface area (Å²) >= 11 is 1.69. The van der Waals surface area contributed by atoms with E-state index in [4.69, 9.17) is 0 Å². The molecule has 5 nitrogen and oxygen atoms in total. The van der Waals surface area contributed by atoms with Gasteiger partial charge in [0.15, 0.2) is 0 Å². The third-order valence-corrected chi connectivity index (χ3v) is 4.20. The molecule has 0 aliphatic heterocycles. The summed E-state index contributed by atoms with van der Waals surface area (Å²) in [5, 5.41) is 17.3. The first-order valence-corrected chi connectivity index (χ1v) is 8.13. The second-order valence-corrected chi connectivity index (χ2v) is 6.66. The molecule has 2 aromatic rings. The Morgan fingerprint density at radius 2 is 2.27 bits per heavy atom. The standard InChI is InChI=1S/C16H21N3O2S/c1-4-22-14-7-5-6-12(8-14)15(20)17-11-16(2,21)13-9-18-19(3)10-13/h5-10,21H,4,11H2,1-3H3,(H,17,20). The van der Waals surface area contributed by atoms with Gasteiger partial charge in [-0.15, -0.1) is 11.8 Å². The Morgan fingerprint density at radius 3 is 2.91 bits per heavy atom. The van der Waals surface area contributed by atoms with Gasteiger partial charge in [0.25, 0.3) is 5.91 Å². The van der Waals surface area contributed by atoms with Crippen molar-refractivity contribution in [3.05, 3.63) is 47.8 Å². The van der Waals surface area contributed by atoms with E-state index in [1.807, 2.05) is 18.2 Å². The van der Waals surface area contributed by atoms with E-state index in [0.29, 0.717) is 11.1 Å². The molecule has 0 fully saturated rings. The molecule has 1 aromatic carbocycles. The van der Waals surface area contributed by atoms with E-state index >= 15 is 0 Å². The first kappa shape index (κ1) is 16.6. The number of aryl methyl sites for hydroxylation is 1. The lowest BCUT2D eigenvalue weighted by molar-refractivity contribution is 0.0526. The average Bonchev–Trinajstić information content (AvgIpc) is 2.93. The molecule has 1 amide bonds. The molecule has 1 unspecified atom stereocenters. The first-order chi connectivity index (χ1) is 10.4. The zero-order valence-corrected chi connectivity index (χ0v) is 13.9. The van der Waals surface area contributed by atoms with Crippen LogP contribution in [-0.2, 0) is 12.6 Å². The zero-order chi connectivity index (χ0) is 16.2. The summed E-state index contributed by atoms with van der Waals surface area (Å²) in [6.45, 7) is 3.86. The van der Waals surface area contributed by atoms with Crippen molar-refractivity contribution in [2.24, 2.45) is 7.05 Å². The van der Waals surface area contributed by atoms with Crippen LogP contribution < -0.4 is 5.32 Å². The highest BCUT2D eigenvalue weighted by atomic mass is 32.2. The molecule has 0 aliphatic carbocycles. The largest absolute Gasteiger partial charge is 0.383 e. The lowest BCUT2D eigenvalue weighted by atomic mass is 9.99. The van der Waals surface area contributed by atoms with Gasteiger partial charge in [-0.1, -0.05) is 13.0 Å². The number of carbonyl (C=O) groups is 1. The quantitative estimate of drug-likeness (QED) is 0.801. The second-order valence-electron chi connectivity index (χ2n) is 5.32. The molecule has 1 atom stereocenters. The summed E-state index contributed by atoms with van der Waals surface area (Å²) in [4.78, 5) is 13.3. The van der Waals surface area contributed by atoms with E-state index in [-0.39, 0.29) is 12.5 Å².